The molecule has 0 aromatic carbocycles. The molecular weight excluding hydrogens is 174 g/mol. The van der Waals surface area contributed by atoms with Gasteiger partial charge in [-0.3, -0.25) is 0 Å². The Labute approximate surface area is 88.4 Å². The number of hydrogen-bond donors (Lipinski definition) is 1. The zero-order chi connectivity index (χ0) is 10.2. The molecule has 2 heteroatoms. The van der Waals surface area contributed by atoms with Crippen molar-refractivity contribution in [3.8, 4) is 0 Å². The maximum atomic E-state index is 5.93. The first-order chi connectivity index (χ1) is 6.83. The average molecular weight is 199 g/mol. The van der Waals surface area contributed by atoms with E-state index in [-0.39, 0.29) is 0 Å². The number of hydrogen-bond acceptors (Lipinski definition) is 2. The van der Waals surface area contributed by atoms with Crippen molar-refractivity contribution in [2.45, 2.75) is 64.6 Å². The second-order valence-corrected chi connectivity index (χ2v) is 4.41. The minimum absolute atomic E-state index is 0.384. The lowest BCUT2D eigenvalue weighted by molar-refractivity contribution is 0.00320. The Bertz CT molecular complexity index is 132. The van der Waals surface area contributed by atoms with Crippen LogP contribution in [0.3, 0.4) is 0 Å². The van der Waals surface area contributed by atoms with E-state index >= 15 is 0 Å². The molecule has 1 unspecified atom stereocenters. The van der Waals surface area contributed by atoms with Crippen molar-refractivity contribution in [1.29, 1.82) is 0 Å². The normalized spacial score (nSPS) is 20.1. The van der Waals surface area contributed by atoms with E-state index in [9.17, 15) is 0 Å². The van der Waals surface area contributed by atoms with E-state index in [2.05, 4.69) is 19.2 Å². The molecule has 0 bridgehead atoms. The summed E-state index contributed by atoms with van der Waals surface area (Å²) < 4.78 is 5.93. The van der Waals surface area contributed by atoms with E-state index in [1.807, 2.05) is 0 Å². The molecule has 1 aliphatic rings. The van der Waals surface area contributed by atoms with Crippen LogP contribution < -0.4 is 5.32 Å². The Balaban J connectivity index is 1.95. The van der Waals surface area contributed by atoms with Crippen LogP contribution >= 0.6 is 0 Å². The van der Waals surface area contributed by atoms with Crippen LogP contribution in [0.2, 0.25) is 0 Å². The first-order valence-electron chi connectivity index (χ1n) is 6.19. The Kier molecular flexibility index (Phi) is 6.20. The van der Waals surface area contributed by atoms with E-state index in [4.69, 9.17) is 4.74 Å². The molecule has 14 heavy (non-hydrogen) atoms. The predicted molar refractivity (Wildman–Crippen MR) is 60.6 cm³/mol. The fourth-order valence-electron chi connectivity index (χ4n) is 2.01. The van der Waals surface area contributed by atoms with E-state index in [1.54, 1.807) is 0 Å². The van der Waals surface area contributed by atoms with Crippen molar-refractivity contribution < 1.29 is 4.74 Å². The van der Waals surface area contributed by atoms with E-state index in [0.29, 0.717) is 12.2 Å². The van der Waals surface area contributed by atoms with Gasteiger partial charge in [-0.1, -0.05) is 26.2 Å². The molecule has 1 rings (SSSR count). The van der Waals surface area contributed by atoms with E-state index in [1.165, 1.54) is 38.5 Å². The Morgan fingerprint density at radius 3 is 2.71 bits per heavy atom. The van der Waals surface area contributed by atoms with Crippen molar-refractivity contribution in [2.75, 3.05) is 13.1 Å². The smallest absolute Gasteiger partial charge is 0.0675 e. The minimum Gasteiger partial charge on any atom is -0.374 e. The number of ether oxygens (including phenoxy) is 1. The second kappa shape index (κ2) is 7.24. The number of rotatable bonds is 7. The number of nitrogens with one attached hydrogen (secondary N) is 1. The molecule has 0 radical (unpaired) electrons. The molecule has 0 aliphatic heterocycles. The van der Waals surface area contributed by atoms with Gasteiger partial charge in [0, 0.05) is 6.54 Å². The maximum absolute atomic E-state index is 5.93. The molecule has 0 aromatic rings. The van der Waals surface area contributed by atoms with Crippen molar-refractivity contribution in [3.63, 3.8) is 0 Å². The van der Waals surface area contributed by atoms with Gasteiger partial charge in [0.15, 0.2) is 0 Å². The van der Waals surface area contributed by atoms with Crippen molar-refractivity contribution in [3.05, 3.63) is 0 Å². The van der Waals surface area contributed by atoms with Crippen molar-refractivity contribution in [2.24, 2.45) is 0 Å². The van der Waals surface area contributed by atoms with E-state index in [0.717, 1.165) is 13.1 Å². The first kappa shape index (κ1) is 12.0. The largest absolute Gasteiger partial charge is 0.374 e. The Hall–Kier alpha value is -0.0800. The highest BCUT2D eigenvalue weighted by Crippen LogP contribution is 2.21. The van der Waals surface area contributed by atoms with Crippen LogP contribution in [0, 0.1) is 0 Å². The summed E-state index contributed by atoms with van der Waals surface area (Å²) in [6.45, 7) is 6.54. The van der Waals surface area contributed by atoms with Crippen molar-refractivity contribution >= 4 is 0 Å². The van der Waals surface area contributed by atoms with Gasteiger partial charge in [0.2, 0.25) is 0 Å². The van der Waals surface area contributed by atoms with Crippen molar-refractivity contribution in [1.82, 2.24) is 5.32 Å². The number of unbranched alkanes of at least 4 members (excludes halogenated alkanes) is 1. The molecule has 2 nitrogen and oxygen atoms in total. The van der Waals surface area contributed by atoms with Gasteiger partial charge in [-0.2, -0.15) is 0 Å². The summed E-state index contributed by atoms with van der Waals surface area (Å²) in [4.78, 5) is 0. The van der Waals surface area contributed by atoms with Gasteiger partial charge < -0.3 is 10.1 Å². The molecular formula is C12H25NO. The standard InChI is InChI=1S/C12H25NO/c1-3-4-9-13-10-11(2)14-12-7-5-6-8-12/h11-13H,3-10H2,1-2H3. The lowest BCUT2D eigenvalue weighted by Gasteiger charge is -2.18. The zero-order valence-corrected chi connectivity index (χ0v) is 9.72. The molecule has 0 saturated heterocycles. The lowest BCUT2D eigenvalue weighted by atomic mass is 10.3. The van der Waals surface area contributed by atoms with Gasteiger partial charge >= 0.3 is 0 Å². The summed E-state index contributed by atoms with van der Waals surface area (Å²) in [5.41, 5.74) is 0. The minimum atomic E-state index is 0.384. The fourth-order valence-corrected chi connectivity index (χ4v) is 2.01. The third-order valence-corrected chi connectivity index (χ3v) is 2.87. The van der Waals surface area contributed by atoms with E-state index < -0.39 is 0 Å². The topological polar surface area (TPSA) is 21.3 Å². The van der Waals surface area contributed by atoms with Crippen LogP contribution in [0.5, 0.6) is 0 Å². The first-order valence-corrected chi connectivity index (χ1v) is 6.19. The van der Waals surface area contributed by atoms with Crippen LogP contribution in [-0.2, 0) is 4.74 Å². The summed E-state index contributed by atoms with van der Waals surface area (Å²) in [5.74, 6) is 0. The predicted octanol–water partition coefficient (Wildman–Crippen LogP) is 2.72. The molecule has 1 N–H and O–H groups in total. The SMILES string of the molecule is CCCCNCC(C)OC1CCCC1. The van der Waals surface area contributed by atoms with Crippen LogP contribution in [0.15, 0.2) is 0 Å². The van der Waals surface area contributed by atoms with Gasteiger partial charge in [0.25, 0.3) is 0 Å². The van der Waals surface area contributed by atoms with Gasteiger partial charge in [-0.25, -0.2) is 0 Å². The lowest BCUT2D eigenvalue weighted by Crippen LogP contribution is -2.30. The Morgan fingerprint density at radius 2 is 2.07 bits per heavy atom. The van der Waals surface area contributed by atoms with Gasteiger partial charge in [-0.15, -0.1) is 0 Å². The van der Waals surface area contributed by atoms with Crippen LogP contribution in [0.1, 0.15) is 52.4 Å². The highest BCUT2D eigenvalue weighted by Gasteiger charge is 2.17. The molecule has 1 fully saturated rings. The summed E-state index contributed by atoms with van der Waals surface area (Å²) in [7, 11) is 0. The fraction of sp³-hybridized carbons (Fsp3) is 1.00. The van der Waals surface area contributed by atoms with Gasteiger partial charge in [0.05, 0.1) is 12.2 Å². The maximum Gasteiger partial charge on any atom is 0.0675 e. The molecule has 0 amide bonds. The summed E-state index contributed by atoms with van der Waals surface area (Å²) in [6, 6.07) is 0. The molecule has 1 atom stereocenters. The van der Waals surface area contributed by atoms with Gasteiger partial charge in [-0.05, 0) is 32.7 Å². The average Bonchev–Trinajstić information content (AvgIpc) is 2.65. The van der Waals surface area contributed by atoms with Crippen LogP contribution in [0.25, 0.3) is 0 Å². The van der Waals surface area contributed by atoms with Gasteiger partial charge in [0.1, 0.15) is 0 Å². The summed E-state index contributed by atoms with van der Waals surface area (Å²) >= 11 is 0. The quantitative estimate of drug-likeness (QED) is 0.637. The summed E-state index contributed by atoms with van der Waals surface area (Å²) in [5, 5.41) is 3.44. The second-order valence-electron chi connectivity index (χ2n) is 4.41. The molecule has 0 spiro atoms. The zero-order valence-electron chi connectivity index (χ0n) is 9.72. The van der Waals surface area contributed by atoms with Crippen LogP contribution in [-0.4, -0.2) is 25.3 Å². The highest BCUT2D eigenvalue weighted by atomic mass is 16.5. The highest BCUT2D eigenvalue weighted by molar-refractivity contribution is 4.69. The third kappa shape index (κ3) is 4.97. The molecule has 1 saturated carbocycles. The Morgan fingerprint density at radius 1 is 1.36 bits per heavy atom. The molecule has 0 heterocycles. The summed E-state index contributed by atoms with van der Waals surface area (Å²) in [6.07, 6.45) is 8.76. The molecule has 0 aromatic heterocycles. The third-order valence-electron chi connectivity index (χ3n) is 2.87. The molecule has 1 aliphatic carbocycles. The molecule has 84 valence electrons. The monoisotopic (exact) mass is 199 g/mol. The van der Waals surface area contributed by atoms with Crippen LogP contribution in [0.4, 0.5) is 0 Å².